The van der Waals surface area contributed by atoms with Gasteiger partial charge in [0, 0.05) is 44.1 Å². The fourth-order valence-electron chi connectivity index (χ4n) is 4.67. The van der Waals surface area contributed by atoms with Gasteiger partial charge in [0.05, 0.1) is 5.52 Å². The van der Waals surface area contributed by atoms with Gasteiger partial charge in [-0.3, -0.25) is 9.55 Å². The van der Waals surface area contributed by atoms with Crippen molar-refractivity contribution in [3.63, 3.8) is 0 Å². The Bertz CT molecular complexity index is 1520. The third-order valence-corrected chi connectivity index (χ3v) is 6.30. The average molecular weight is 442 g/mol. The highest BCUT2D eigenvalue weighted by Crippen LogP contribution is 2.31. The number of aromatic amines is 1. The van der Waals surface area contributed by atoms with E-state index in [-0.39, 0.29) is 11.7 Å². The normalized spacial score (nSPS) is 15.0. The molecule has 11 heteroatoms. The van der Waals surface area contributed by atoms with E-state index in [4.69, 9.17) is 10.7 Å². The molecule has 0 spiro atoms. The van der Waals surface area contributed by atoms with Gasteiger partial charge < -0.3 is 15.2 Å². The topological polar surface area (TPSA) is 136 Å². The number of pyridine rings is 2. The van der Waals surface area contributed by atoms with Crippen LogP contribution in [0.3, 0.4) is 0 Å². The Morgan fingerprint density at radius 2 is 1.94 bits per heavy atom. The number of hydrogen-bond donors (Lipinski definition) is 2. The molecule has 0 bridgehead atoms. The van der Waals surface area contributed by atoms with Crippen LogP contribution in [-0.4, -0.2) is 52.1 Å². The van der Waals surface area contributed by atoms with E-state index < -0.39 is 0 Å². The van der Waals surface area contributed by atoms with E-state index >= 15 is 0 Å². The van der Waals surface area contributed by atoms with Gasteiger partial charge in [0.1, 0.15) is 18.0 Å². The van der Waals surface area contributed by atoms with Crippen LogP contribution in [0.2, 0.25) is 0 Å². The molecule has 0 radical (unpaired) electrons. The highest BCUT2D eigenvalue weighted by molar-refractivity contribution is 5.86. The van der Waals surface area contributed by atoms with Crippen molar-refractivity contribution in [2.45, 2.75) is 18.9 Å². The maximum Gasteiger partial charge on any atom is 0.327 e. The molecule has 0 aromatic carbocycles. The zero-order valence-corrected chi connectivity index (χ0v) is 18.0. The third-order valence-electron chi connectivity index (χ3n) is 6.30. The summed E-state index contributed by atoms with van der Waals surface area (Å²) in [4.78, 5) is 40.0. The second-order valence-corrected chi connectivity index (χ2v) is 8.23. The van der Waals surface area contributed by atoms with Crippen molar-refractivity contribution in [3.8, 4) is 11.4 Å². The number of nitrogen functional groups attached to an aromatic ring is 1. The third kappa shape index (κ3) is 3.12. The minimum atomic E-state index is -0.113. The number of piperidine rings is 1. The summed E-state index contributed by atoms with van der Waals surface area (Å²) < 4.78 is 3.78. The predicted molar refractivity (Wildman–Crippen MR) is 125 cm³/mol. The number of aromatic nitrogens is 8. The average Bonchev–Trinajstić information content (AvgIpc) is 3.36. The molecular formula is C22H22N10O. The van der Waals surface area contributed by atoms with Crippen molar-refractivity contribution >= 4 is 34.0 Å². The smallest absolute Gasteiger partial charge is 0.327 e. The van der Waals surface area contributed by atoms with Crippen molar-refractivity contribution in [1.82, 2.24) is 39.0 Å². The van der Waals surface area contributed by atoms with Crippen LogP contribution in [0.15, 0.2) is 47.8 Å². The minimum absolute atomic E-state index is 0.101. The number of nitrogens with two attached hydrogens (primary N) is 1. The molecule has 0 atom stereocenters. The Morgan fingerprint density at radius 1 is 1.09 bits per heavy atom. The number of nitrogens with zero attached hydrogens (tertiary/aromatic N) is 8. The molecular weight excluding hydrogens is 420 g/mol. The molecule has 3 N–H and O–H groups in total. The Morgan fingerprint density at radius 3 is 2.73 bits per heavy atom. The van der Waals surface area contributed by atoms with Gasteiger partial charge in [0.15, 0.2) is 22.6 Å². The van der Waals surface area contributed by atoms with E-state index in [0.717, 1.165) is 59.8 Å². The molecule has 1 saturated heterocycles. The largest absolute Gasteiger partial charge is 0.384 e. The summed E-state index contributed by atoms with van der Waals surface area (Å²) in [6, 6.07) is 7.55. The lowest BCUT2D eigenvalue weighted by atomic mass is 10.0. The number of rotatable bonds is 3. The van der Waals surface area contributed by atoms with E-state index in [0.29, 0.717) is 11.5 Å². The first-order chi connectivity index (χ1) is 16.1. The number of imidazole rings is 2. The molecule has 33 heavy (non-hydrogen) atoms. The fraction of sp³-hybridized carbons (Fsp3) is 0.273. The van der Waals surface area contributed by atoms with E-state index in [9.17, 15) is 4.79 Å². The maximum absolute atomic E-state index is 12.6. The Balaban J connectivity index is 1.31. The summed E-state index contributed by atoms with van der Waals surface area (Å²) in [5.74, 6) is 2.02. The number of nitrogens with one attached hydrogen (secondary N) is 1. The Hall–Kier alpha value is -4.28. The van der Waals surface area contributed by atoms with Gasteiger partial charge >= 0.3 is 5.69 Å². The van der Waals surface area contributed by atoms with Crippen LogP contribution < -0.4 is 16.3 Å². The molecule has 11 nitrogen and oxygen atoms in total. The Kier molecular flexibility index (Phi) is 4.35. The fourth-order valence-corrected chi connectivity index (χ4v) is 4.67. The molecule has 166 valence electrons. The summed E-state index contributed by atoms with van der Waals surface area (Å²) in [6.07, 6.45) is 6.60. The zero-order chi connectivity index (χ0) is 22.5. The highest BCUT2D eigenvalue weighted by atomic mass is 16.1. The van der Waals surface area contributed by atoms with Gasteiger partial charge in [-0.1, -0.05) is 0 Å². The van der Waals surface area contributed by atoms with E-state index in [1.807, 2.05) is 34.4 Å². The number of hydrogen-bond acceptors (Lipinski definition) is 8. The lowest BCUT2D eigenvalue weighted by Gasteiger charge is -2.33. The molecule has 0 aliphatic carbocycles. The van der Waals surface area contributed by atoms with Crippen molar-refractivity contribution in [3.05, 3.63) is 53.5 Å². The molecule has 0 saturated carbocycles. The lowest BCUT2D eigenvalue weighted by Crippen LogP contribution is -2.37. The first-order valence-electron chi connectivity index (χ1n) is 10.8. The second-order valence-electron chi connectivity index (χ2n) is 8.23. The zero-order valence-electron chi connectivity index (χ0n) is 18.0. The van der Waals surface area contributed by atoms with Crippen LogP contribution in [0, 0.1) is 0 Å². The van der Waals surface area contributed by atoms with Crippen LogP contribution in [0.4, 0.5) is 11.6 Å². The van der Waals surface area contributed by atoms with Gasteiger partial charge in [-0.2, -0.15) is 0 Å². The van der Waals surface area contributed by atoms with Crippen molar-refractivity contribution in [1.29, 1.82) is 0 Å². The SMILES string of the molecule is Cn1c(-c2ccc(N)nc2)nc2c(N3CCC(n4c(=O)[nH]c5ncccc54)CC3)ncnc21. The lowest BCUT2D eigenvalue weighted by molar-refractivity contribution is 0.395. The number of fused-ring (bicyclic) bond motifs is 2. The maximum atomic E-state index is 12.6. The van der Waals surface area contributed by atoms with Crippen LogP contribution in [0.5, 0.6) is 0 Å². The van der Waals surface area contributed by atoms with Crippen LogP contribution in [0.25, 0.3) is 33.7 Å². The number of H-pyrrole nitrogens is 1. The highest BCUT2D eigenvalue weighted by Gasteiger charge is 2.27. The molecule has 0 unspecified atom stereocenters. The predicted octanol–water partition coefficient (Wildman–Crippen LogP) is 1.89. The molecule has 1 aliphatic heterocycles. The summed E-state index contributed by atoms with van der Waals surface area (Å²) in [7, 11) is 1.93. The molecule has 1 fully saturated rings. The first-order valence-corrected chi connectivity index (χ1v) is 10.8. The van der Waals surface area contributed by atoms with Crippen molar-refractivity contribution < 1.29 is 0 Å². The van der Waals surface area contributed by atoms with Crippen LogP contribution in [0.1, 0.15) is 18.9 Å². The summed E-state index contributed by atoms with van der Waals surface area (Å²) in [5.41, 5.74) is 9.46. The quantitative estimate of drug-likeness (QED) is 0.432. The van der Waals surface area contributed by atoms with Crippen molar-refractivity contribution in [2.24, 2.45) is 7.05 Å². The van der Waals surface area contributed by atoms with E-state index in [1.165, 1.54) is 0 Å². The summed E-state index contributed by atoms with van der Waals surface area (Å²) in [5, 5.41) is 0. The Labute approximate surface area is 188 Å². The van der Waals surface area contributed by atoms with E-state index in [2.05, 4.69) is 29.8 Å². The number of aryl methyl sites for hydroxylation is 1. The van der Waals surface area contributed by atoms with Gasteiger partial charge in [0.2, 0.25) is 0 Å². The first kappa shape index (κ1) is 19.4. The minimum Gasteiger partial charge on any atom is -0.384 e. The number of anilines is 2. The van der Waals surface area contributed by atoms with Crippen LogP contribution >= 0.6 is 0 Å². The van der Waals surface area contributed by atoms with Gasteiger partial charge in [0.25, 0.3) is 0 Å². The van der Waals surface area contributed by atoms with Crippen molar-refractivity contribution in [2.75, 3.05) is 23.7 Å². The standard InChI is InChI=1S/C22H22N10O/c1-30-19(13-4-5-16(23)25-11-13)28-17-20(30)26-12-27-21(17)31-9-6-14(7-10-31)32-15-3-2-8-24-18(15)29-22(32)33/h2-5,8,11-12,14H,6-7,9-10H2,1H3,(H2,23,25)(H,24,29,33). The van der Waals surface area contributed by atoms with Gasteiger partial charge in [-0.25, -0.2) is 29.7 Å². The second kappa shape index (κ2) is 7.40. The molecule has 5 aromatic rings. The molecule has 0 amide bonds. The van der Waals surface area contributed by atoms with E-state index in [1.54, 1.807) is 24.8 Å². The summed E-state index contributed by atoms with van der Waals surface area (Å²) >= 11 is 0. The van der Waals surface area contributed by atoms with Gasteiger partial charge in [-0.05, 0) is 37.1 Å². The van der Waals surface area contributed by atoms with Crippen LogP contribution in [-0.2, 0) is 7.05 Å². The van der Waals surface area contributed by atoms with Gasteiger partial charge in [-0.15, -0.1) is 0 Å². The summed E-state index contributed by atoms with van der Waals surface area (Å²) in [6.45, 7) is 1.51. The molecule has 6 rings (SSSR count). The molecule has 6 heterocycles. The molecule has 5 aromatic heterocycles. The monoisotopic (exact) mass is 442 g/mol. The molecule has 1 aliphatic rings.